The van der Waals surface area contributed by atoms with Crippen molar-refractivity contribution in [3.8, 4) is 0 Å². The van der Waals surface area contributed by atoms with Crippen LogP contribution in [0.3, 0.4) is 0 Å². The highest BCUT2D eigenvalue weighted by molar-refractivity contribution is 5.31. The molecule has 0 fully saturated rings. The SMILES string of the molecule is CCCCCC1=CCC(C)=C1. The molecule has 0 heteroatoms. The van der Waals surface area contributed by atoms with Crippen LogP contribution in [-0.4, -0.2) is 0 Å². The van der Waals surface area contributed by atoms with Crippen molar-refractivity contribution in [3.05, 3.63) is 23.3 Å². The van der Waals surface area contributed by atoms with Gasteiger partial charge < -0.3 is 0 Å². The van der Waals surface area contributed by atoms with Crippen LogP contribution in [-0.2, 0) is 0 Å². The number of unbranched alkanes of at least 4 members (excludes halogenated alkanes) is 2. The van der Waals surface area contributed by atoms with Gasteiger partial charge in [0, 0.05) is 0 Å². The molecule has 11 heavy (non-hydrogen) atoms. The van der Waals surface area contributed by atoms with Gasteiger partial charge >= 0.3 is 0 Å². The van der Waals surface area contributed by atoms with Gasteiger partial charge in [0.05, 0.1) is 0 Å². The van der Waals surface area contributed by atoms with E-state index < -0.39 is 0 Å². The lowest BCUT2D eigenvalue weighted by Gasteiger charge is -1.96. The Morgan fingerprint density at radius 1 is 1.36 bits per heavy atom. The van der Waals surface area contributed by atoms with Crippen LogP contribution in [0, 0.1) is 0 Å². The fourth-order valence-corrected chi connectivity index (χ4v) is 1.48. The molecule has 0 N–H and O–H groups in total. The molecule has 0 unspecified atom stereocenters. The number of rotatable bonds is 4. The maximum Gasteiger partial charge on any atom is -0.0133 e. The Bertz CT molecular complexity index is 172. The van der Waals surface area contributed by atoms with Crippen LogP contribution in [0.4, 0.5) is 0 Å². The highest BCUT2D eigenvalue weighted by Gasteiger charge is 2.01. The van der Waals surface area contributed by atoms with Crippen molar-refractivity contribution in [1.82, 2.24) is 0 Å². The molecule has 0 atom stereocenters. The van der Waals surface area contributed by atoms with E-state index in [9.17, 15) is 0 Å². The minimum absolute atomic E-state index is 1.20. The zero-order chi connectivity index (χ0) is 8.10. The first-order valence-corrected chi connectivity index (χ1v) is 4.69. The number of hydrogen-bond donors (Lipinski definition) is 0. The predicted molar refractivity (Wildman–Crippen MR) is 50.6 cm³/mol. The summed E-state index contributed by atoms with van der Waals surface area (Å²) >= 11 is 0. The first-order chi connectivity index (χ1) is 5.33. The maximum absolute atomic E-state index is 2.37. The highest BCUT2D eigenvalue weighted by atomic mass is 14.1. The Hall–Kier alpha value is -0.520. The van der Waals surface area contributed by atoms with Crippen molar-refractivity contribution < 1.29 is 0 Å². The van der Waals surface area contributed by atoms with E-state index in [0.29, 0.717) is 0 Å². The van der Waals surface area contributed by atoms with E-state index in [0.717, 1.165) is 0 Å². The summed E-state index contributed by atoms with van der Waals surface area (Å²) in [4.78, 5) is 0. The Kier molecular flexibility index (Phi) is 3.41. The lowest BCUT2D eigenvalue weighted by molar-refractivity contribution is 0.719. The number of allylic oxidation sites excluding steroid dienone is 4. The van der Waals surface area contributed by atoms with Crippen molar-refractivity contribution in [1.29, 1.82) is 0 Å². The third-order valence-corrected chi connectivity index (χ3v) is 2.19. The molecule has 0 aromatic carbocycles. The van der Waals surface area contributed by atoms with Gasteiger partial charge in [-0.05, 0) is 26.2 Å². The summed E-state index contributed by atoms with van der Waals surface area (Å²) in [6.07, 6.45) is 11.3. The van der Waals surface area contributed by atoms with E-state index in [4.69, 9.17) is 0 Å². The molecule has 1 aliphatic carbocycles. The van der Waals surface area contributed by atoms with Crippen molar-refractivity contribution in [2.45, 2.75) is 46.0 Å². The molecular formula is C11H18. The molecule has 0 bridgehead atoms. The zero-order valence-corrected chi connectivity index (χ0v) is 7.69. The Labute approximate surface area is 70.0 Å². The highest BCUT2D eigenvalue weighted by Crippen LogP contribution is 2.21. The second-order valence-corrected chi connectivity index (χ2v) is 3.43. The van der Waals surface area contributed by atoms with Crippen LogP contribution in [0.15, 0.2) is 23.3 Å². The Morgan fingerprint density at radius 3 is 2.73 bits per heavy atom. The predicted octanol–water partition coefficient (Wildman–Crippen LogP) is 3.84. The smallest absolute Gasteiger partial charge is 0.0133 e. The van der Waals surface area contributed by atoms with Crippen LogP contribution in [0.25, 0.3) is 0 Å². The summed E-state index contributed by atoms with van der Waals surface area (Å²) in [5.41, 5.74) is 3.09. The summed E-state index contributed by atoms with van der Waals surface area (Å²) in [5, 5.41) is 0. The van der Waals surface area contributed by atoms with Crippen LogP contribution in [0.2, 0.25) is 0 Å². The lowest BCUT2D eigenvalue weighted by atomic mass is 10.1. The van der Waals surface area contributed by atoms with E-state index in [1.54, 1.807) is 5.57 Å². The maximum atomic E-state index is 2.37. The first-order valence-electron chi connectivity index (χ1n) is 4.69. The van der Waals surface area contributed by atoms with Crippen molar-refractivity contribution in [2.24, 2.45) is 0 Å². The molecule has 0 spiro atoms. The fraction of sp³-hybridized carbons (Fsp3) is 0.636. The third kappa shape index (κ3) is 2.92. The molecule has 0 aliphatic heterocycles. The molecule has 1 aliphatic rings. The van der Waals surface area contributed by atoms with Crippen molar-refractivity contribution >= 4 is 0 Å². The van der Waals surface area contributed by atoms with E-state index in [-0.39, 0.29) is 0 Å². The monoisotopic (exact) mass is 150 g/mol. The van der Waals surface area contributed by atoms with E-state index in [1.807, 2.05) is 0 Å². The minimum Gasteiger partial charge on any atom is -0.0773 e. The zero-order valence-electron chi connectivity index (χ0n) is 7.69. The molecular weight excluding hydrogens is 132 g/mol. The average Bonchev–Trinajstić information content (AvgIpc) is 2.37. The van der Waals surface area contributed by atoms with Gasteiger partial charge in [-0.1, -0.05) is 43.1 Å². The molecule has 0 amide bonds. The van der Waals surface area contributed by atoms with Gasteiger partial charge in [0.2, 0.25) is 0 Å². The van der Waals surface area contributed by atoms with Gasteiger partial charge in [-0.3, -0.25) is 0 Å². The van der Waals surface area contributed by atoms with Gasteiger partial charge in [-0.2, -0.15) is 0 Å². The molecule has 1 rings (SSSR count). The van der Waals surface area contributed by atoms with Crippen LogP contribution >= 0.6 is 0 Å². The second-order valence-electron chi connectivity index (χ2n) is 3.43. The second kappa shape index (κ2) is 4.38. The van der Waals surface area contributed by atoms with Crippen molar-refractivity contribution in [2.75, 3.05) is 0 Å². The Morgan fingerprint density at radius 2 is 2.18 bits per heavy atom. The standard InChI is InChI=1S/C11H18/c1-3-4-5-6-11-8-7-10(2)9-11/h8-9H,3-7H2,1-2H3. The lowest BCUT2D eigenvalue weighted by Crippen LogP contribution is -1.77. The van der Waals surface area contributed by atoms with Crippen LogP contribution in [0.1, 0.15) is 46.0 Å². The van der Waals surface area contributed by atoms with Crippen LogP contribution in [0.5, 0.6) is 0 Å². The normalized spacial score (nSPS) is 16.5. The summed E-state index contributed by atoms with van der Waals surface area (Å²) in [6.45, 7) is 4.47. The summed E-state index contributed by atoms with van der Waals surface area (Å²) in [6, 6.07) is 0. The van der Waals surface area contributed by atoms with Gasteiger partial charge in [0.15, 0.2) is 0 Å². The molecule has 0 saturated heterocycles. The summed E-state index contributed by atoms with van der Waals surface area (Å²) < 4.78 is 0. The fourth-order valence-electron chi connectivity index (χ4n) is 1.48. The molecule has 0 nitrogen and oxygen atoms in total. The van der Waals surface area contributed by atoms with Crippen molar-refractivity contribution in [3.63, 3.8) is 0 Å². The number of hydrogen-bond acceptors (Lipinski definition) is 0. The van der Waals surface area contributed by atoms with Crippen LogP contribution < -0.4 is 0 Å². The minimum atomic E-state index is 1.20. The van der Waals surface area contributed by atoms with E-state index in [1.165, 1.54) is 37.7 Å². The summed E-state index contributed by atoms with van der Waals surface area (Å²) in [7, 11) is 0. The Balaban J connectivity index is 2.18. The molecule has 0 radical (unpaired) electrons. The molecule has 62 valence electrons. The largest absolute Gasteiger partial charge is 0.0773 e. The first kappa shape index (κ1) is 8.58. The van der Waals surface area contributed by atoms with Gasteiger partial charge in [-0.15, -0.1) is 0 Å². The van der Waals surface area contributed by atoms with E-state index >= 15 is 0 Å². The van der Waals surface area contributed by atoms with Gasteiger partial charge in [0.25, 0.3) is 0 Å². The molecule has 0 aromatic heterocycles. The van der Waals surface area contributed by atoms with Gasteiger partial charge in [-0.25, -0.2) is 0 Å². The van der Waals surface area contributed by atoms with Gasteiger partial charge in [0.1, 0.15) is 0 Å². The topological polar surface area (TPSA) is 0 Å². The molecule has 0 heterocycles. The average molecular weight is 150 g/mol. The third-order valence-electron chi connectivity index (χ3n) is 2.19. The molecule has 0 aromatic rings. The summed E-state index contributed by atoms with van der Waals surface area (Å²) in [5.74, 6) is 0. The van der Waals surface area contributed by atoms with E-state index in [2.05, 4.69) is 26.0 Å². The molecule has 0 saturated carbocycles. The quantitative estimate of drug-likeness (QED) is 0.534.